The average molecular weight is 224 g/mol. The van der Waals surface area contributed by atoms with Crippen molar-refractivity contribution in [1.29, 1.82) is 0 Å². The molecule has 0 aromatic carbocycles. The molecule has 16 heavy (non-hydrogen) atoms. The Kier molecular flexibility index (Phi) is 3.90. The summed E-state index contributed by atoms with van der Waals surface area (Å²) in [5, 5.41) is 8.32. The van der Waals surface area contributed by atoms with E-state index in [-0.39, 0.29) is 0 Å². The fourth-order valence-corrected chi connectivity index (χ4v) is 2.40. The molecule has 0 atom stereocenters. The molecule has 90 valence electrons. The maximum Gasteiger partial charge on any atom is 0.159 e. The number of aromatic nitrogens is 3. The fraction of sp³-hybridized carbons (Fsp3) is 0.818. The van der Waals surface area contributed by atoms with E-state index in [1.165, 1.54) is 25.7 Å². The molecule has 0 spiro atoms. The van der Waals surface area contributed by atoms with Crippen LogP contribution < -0.4 is 5.73 Å². The SMILES string of the molecule is Cc1nnc(COCCN)n1C1CCCC1. The second-order valence-corrected chi connectivity index (χ2v) is 4.31. The highest BCUT2D eigenvalue weighted by Crippen LogP contribution is 2.31. The van der Waals surface area contributed by atoms with E-state index in [0.29, 0.717) is 25.8 Å². The monoisotopic (exact) mass is 224 g/mol. The van der Waals surface area contributed by atoms with E-state index >= 15 is 0 Å². The lowest BCUT2D eigenvalue weighted by molar-refractivity contribution is 0.118. The molecule has 0 bridgehead atoms. The maximum absolute atomic E-state index is 5.43. The predicted molar refractivity (Wildman–Crippen MR) is 61.0 cm³/mol. The van der Waals surface area contributed by atoms with Crippen molar-refractivity contribution in [2.45, 2.75) is 45.3 Å². The summed E-state index contributed by atoms with van der Waals surface area (Å²) in [6.45, 7) is 3.67. The second-order valence-electron chi connectivity index (χ2n) is 4.31. The van der Waals surface area contributed by atoms with Crippen LogP contribution in [0.15, 0.2) is 0 Å². The summed E-state index contributed by atoms with van der Waals surface area (Å²) in [5.41, 5.74) is 5.39. The lowest BCUT2D eigenvalue weighted by Crippen LogP contribution is -2.14. The van der Waals surface area contributed by atoms with Gasteiger partial charge in [0.1, 0.15) is 12.4 Å². The van der Waals surface area contributed by atoms with Crippen LogP contribution in [0.25, 0.3) is 0 Å². The van der Waals surface area contributed by atoms with Gasteiger partial charge in [-0.3, -0.25) is 0 Å². The van der Waals surface area contributed by atoms with Gasteiger partial charge in [-0.2, -0.15) is 0 Å². The number of rotatable bonds is 5. The highest BCUT2D eigenvalue weighted by atomic mass is 16.5. The van der Waals surface area contributed by atoms with Crippen LogP contribution in [0.2, 0.25) is 0 Å². The Bertz CT molecular complexity index is 331. The molecule has 1 saturated carbocycles. The minimum atomic E-state index is 0.522. The zero-order valence-electron chi connectivity index (χ0n) is 9.85. The molecule has 1 heterocycles. The largest absolute Gasteiger partial charge is 0.372 e. The van der Waals surface area contributed by atoms with Gasteiger partial charge in [0.2, 0.25) is 0 Å². The summed E-state index contributed by atoms with van der Waals surface area (Å²) in [4.78, 5) is 0. The molecular weight excluding hydrogens is 204 g/mol. The Balaban J connectivity index is 2.05. The Morgan fingerprint density at radius 3 is 2.81 bits per heavy atom. The number of nitrogens with two attached hydrogens (primary N) is 1. The Morgan fingerprint density at radius 1 is 1.38 bits per heavy atom. The zero-order chi connectivity index (χ0) is 11.4. The van der Waals surface area contributed by atoms with Crippen molar-refractivity contribution < 1.29 is 4.74 Å². The third-order valence-electron chi connectivity index (χ3n) is 3.12. The van der Waals surface area contributed by atoms with Crippen LogP contribution in [-0.2, 0) is 11.3 Å². The van der Waals surface area contributed by atoms with Crippen LogP contribution in [0.1, 0.15) is 43.4 Å². The van der Waals surface area contributed by atoms with Crippen molar-refractivity contribution in [1.82, 2.24) is 14.8 Å². The summed E-state index contributed by atoms with van der Waals surface area (Å²) < 4.78 is 7.67. The van der Waals surface area contributed by atoms with E-state index in [0.717, 1.165) is 11.6 Å². The zero-order valence-corrected chi connectivity index (χ0v) is 9.85. The average Bonchev–Trinajstić information content (AvgIpc) is 2.88. The summed E-state index contributed by atoms with van der Waals surface area (Å²) in [6, 6.07) is 0.575. The van der Waals surface area contributed by atoms with Gasteiger partial charge >= 0.3 is 0 Å². The van der Waals surface area contributed by atoms with Gasteiger partial charge in [-0.1, -0.05) is 12.8 Å². The van der Waals surface area contributed by atoms with E-state index in [1.807, 2.05) is 6.92 Å². The lowest BCUT2D eigenvalue weighted by Gasteiger charge is -2.15. The minimum Gasteiger partial charge on any atom is -0.372 e. The van der Waals surface area contributed by atoms with Gasteiger partial charge in [-0.05, 0) is 19.8 Å². The van der Waals surface area contributed by atoms with Crippen molar-refractivity contribution in [2.24, 2.45) is 5.73 Å². The number of nitrogens with zero attached hydrogens (tertiary/aromatic N) is 3. The van der Waals surface area contributed by atoms with Crippen molar-refractivity contribution >= 4 is 0 Å². The molecule has 0 saturated heterocycles. The molecule has 0 aliphatic heterocycles. The van der Waals surface area contributed by atoms with Gasteiger partial charge in [-0.15, -0.1) is 10.2 Å². The third kappa shape index (κ3) is 2.41. The van der Waals surface area contributed by atoms with Gasteiger partial charge in [-0.25, -0.2) is 0 Å². The lowest BCUT2D eigenvalue weighted by atomic mass is 10.2. The Labute approximate surface area is 96.0 Å². The molecule has 5 heteroatoms. The van der Waals surface area contributed by atoms with E-state index in [1.54, 1.807) is 0 Å². The third-order valence-corrected chi connectivity index (χ3v) is 3.12. The second kappa shape index (κ2) is 5.41. The summed E-state index contributed by atoms with van der Waals surface area (Å²) >= 11 is 0. The van der Waals surface area contributed by atoms with Crippen molar-refractivity contribution in [2.75, 3.05) is 13.2 Å². The van der Waals surface area contributed by atoms with E-state index in [9.17, 15) is 0 Å². The first-order chi connectivity index (χ1) is 7.83. The molecule has 2 N–H and O–H groups in total. The van der Waals surface area contributed by atoms with Gasteiger partial charge in [0.05, 0.1) is 6.61 Å². The molecular formula is C11H20N4O. The smallest absolute Gasteiger partial charge is 0.159 e. The molecule has 0 unspecified atom stereocenters. The molecule has 1 aromatic heterocycles. The van der Waals surface area contributed by atoms with E-state index in [4.69, 9.17) is 10.5 Å². The normalized spacial score (nSPS) is 17.1. The highest BCUT2D eigenvalue weighted by Gasteiger charge is 2.21. The Morgan fingerprint density at radius 2 is 2.12 bits per heavy atom. The van der Waals surface area contributed by atoms with Gasteiger partial charge in [0.15, 0.2) is 5.82 Å². The number of hydrogen-bond acceptors (Lipinski definition) is 4. The number of hydrogen-bond donors (Lipinski definition) is 1. The number of ether oxygens (including phenoxy) is 1. The standard InChI is InChI=1S/C11H20N4O/c1-9-13-14-11(8-16-7-6-12)15(9)10-4-2-3-5-10/h10H,2-8,12H2,1H3. The summed E-state index contributed by atoms with van der Waals surface area (Å²) in [5.74, 6) is 1.94. The van der Waals surface area contributed by atoms with Crippen LogP contribution in [0, 0.1) is 6.92 Å². The highest BCUT2D eigenvalue weighted by molar-refractivity contribution is 4.97. The van der Waals surface area contributed by atoms with Crippen LogP contribution >= 0.6 is 0 Å². The molecule has 1 aliphatic rings. The van der Waals surface area contributed by atoms with Crippen LogP contribution in [0.3, 0.4) is 0 Å². The van der Waals surface area contributed by atoms with E-state index < -0.39 is 0 Å². The summed E-state index contributed by atoms with van der Waals surface area (Å²) in [7, 11) is 0. The van der Waals surface area contributed by atoms with Gasteiger partial charge < -0.3 is 15.0 Å². The molecule has 2 rings (SSSR count). The molecule has 1 aliphatic carbocycles. The molecule has 0 radical (unpaired) electrons. The van der Waals surface area contributed by atoms with Crippen molar-refractivity contribution in [3.63, 3.8) is 0 Å². The van der Waals surface area contributed by atoms with Crippen molar-refractivity contribution in [3.8, 4) is 0 Å². The quantitative estimate of drug-likeness (QED) is 0.763. The number of aryl methyl sites for hydroxylation is 1. The van der Waals surface area contributed by atoms with Crippen LogP contribution in [-0.4, -0.2) is 27.9 Å². The van der Waals surface area contributed by atoms with Gasteiger partial charge in [0.25, 0.3) is 0 Å². The van der Waals surface area contributed by atoms with E-state index in [2.05, 4.69) is 14.8 Å². The molecule has 0 amide bonds. The summed E-state index contributed by atoms with van der Waals surface area (Å²) in [6.07, 6.45) is 5.10. The predicted octanol–water partition coefficient (Wildman–Crippen LogP) is 1.18. The molecule has 1 fully saturated rings. The van der Waals surface area contributed by atoms with Crippen molar-refractivity contribution in [3.05, 3.63) is 11.6 Å². The first-order valence-corrected chi connectivity index (χ1v) is 6.01. The van der Waals surface area contributed by atoms with Crippen LogP contribution in [0.4, 0.5) is 0 Å². The van der Waals surface area contributed by atoms with Crippen LogP contribution in [0.5, 0.6) is 0 Å². The minimum absolute atomic E-state index is 0.522. The molecule has 5 nitrogen and oxygen atoms in total. The Hall–Kier alpha value is -0.940. The topological polar surface area (TPSA) is 66.0 Å². The first kappa shape index (κ1) is 11.5. The molecule has 1 aromatic rings. The maximum atomic E-state index is 5.43. The van der Waals surface area contributed by atoms with Gasteiger partial charge in [0, 0.05) is 12.6 Å². The fourth-order valence-electron chi connectivity index (χ4n) is 2.40. The first-order valence-electron chi connectivity index (χ1n) is 6.01.